The third kappa shape index (κ3) is 1.68. The highest BCUT2D eigenvalue weighted by molar-refractivity contribution is 5.36. The van der Waals surface area contributed by atoms with Crippen LogP contribution in [0.25, 0.3) is 5.82 Å². The predicted molar refractivity (Wildman–Crippen MR) is 51.8 cm³/mol. The molecule has 0 radical (unpaired) electrons. The monoisotopic (exact) mass is 200 g/mol. The number of nitriles is 1. The fourth-order valence-corrected chi connectivity index (χ4v) is 1.16. The molecule has 0 aromatic carbocycles. The summed E-state index contributed by atoms with van der Waals surface area (Å²) in [6, 6.07) is 1.96. The van der Waals surface area contributed by atoms with E-state index >= 15 is 0 Å². The molecule has 0 aliphatic rings. The van der Waals surface area contributed by atoms with E-state index in [4.69, 9.17) is 11.0 Å². The van der Waals surface area contributed by atoms with Gasteiger partial charge < -0.3 is 5.73 Å². The Morgan fingerprint density at radius 1 is 1.40 bits per heavy atom. The predicted octanol–water partition coefficient (Wildman–Crippen LogP) is -0.00732. The summed E-state index contributed by atoms with van der Waals surface area (Å²) >= 11 is 0. The molecule has 2 N–H and O–H groups in total. The summed E-state index contributed by atoms with van der Waals surface area (Å²) in [5, 5.41) is 12.9. The van der Waals surface area contributed by atoms with E-state index in [1.165, 1.54) is 17.1 Å². The second kappa shape index (κ2) is 3.86. The van der Waals surface area contributed by atoms with Gasteiger partial charge in [0.25, 0.3) is 0 Å². The second-order valence-electron chi connectivity index (χ2n) is 2.84. The Bertz CT molecular complexity index is 509. The molecule has 0 saturated carbocycles. The molecule has 0 unspecified atom stereocenters. The Labute approximate surface area is 86.0 Å². The van der Waals surface area contributed by atoms with Crippen LogP contribution in [0.1, 0.15) is 11.3 Å². The van der Waals surface area contributed by atoms with Gasteiger partial charge in [-0.15, -0.1) is 0 Å². The van der Waals surface area contributed by atoms with E-state index in [0.29, 0.717) is 12.4 Å². The molecule has 2 aromatic heterocycles. The largest absolute Gasteiger partial charge is 0.326 e. The van der Waals surface area contributed by atoms with E-state index in [1.54, 1.807) is 12.4 Å². The maximum absolute atomic E-state index is 8.83. The number of aromatic nitrogens is 4. The standard InChI is InChI=1S/C9H8N6/c10-3-7-5-14-15(6-7)9-8(4-11)12-1-2-13-9/h1-2,5-6H,3,10H2. The molecule has 0 bridgehead atoms. The van der Waals surface area contributed by atoms with Crippen LogP contribution in [-0.4, -0.2) is 19.7 Å². The quantitative estimate of drug-likeness (QED) is 0.736. The molecule has 0 saturated heterocycles. The van der Waals surface area contributed by atoms with Crippen LogP contribution in [0.2, 0.25) is 0 Å². The van der Waals surface area contributed by atoms with Crippen molar-refractivity contribution >= 4 is 0 Å². The van der Waals surface area contributed by atoms with Crippen molar-refractivity contribution in [1.82, 2.24) is 19.7 Å². The van der Waals surface area contributed by atoms with Crippen molar-refractivity contribution in [3.8, 4) is 11.9 Å². The lowest BCUT2D eigenvalue weighted by molar-refractivity contribution is 0.831. The molecule has 74 valence electrons. The highest BCUT2D eigenvalue weighted by Crippen LogP contribution is 2.07. The van der Waals surface area contributed by atoms with Crippen molar-refractivity contribution < 1.29 is 0 Å². The highest BCUT2D eigenvalue weighted by Gasteiger charge is 2.07. The molecule has 6 heteroatoms. The number of nitrogens with two attached hydrogens (primary N) is 1. The molecule has 0 atom stereocenters. The average molecular weight is 200 g/mol. The van der Waals surface area contributed by atoms with Crippen LogP contribution in [-0.2, 0) is 6.54 Å². The van der Waals surface area contributed by atoms with E-state index in [9.17, 15) is 0 Å². The second-order valence-corrected chi connectivity index (χ2v) is 2.84. The highest BCUT2D eigenvalue weighted by atomic mass is 15.3. The minimum atomic E-state index is 0.240. The molecule has 0 aliphatic carbocycles. The number of rotatable bonds is 2. The third-order valence-corrected chi connectivity index (χ3v) is 1.87. The summed E-state index contributed by atoms with van der Waals surface area (Å²) in [5.41, 5.74) is 6.58. The molecular formula is C9H8N6. The number of hydrogen-bond donors (Lipinski definition) is 1. The summed E-state index contributed by atoms with van der Waals surface area (Å²) in [4.78, 5) is 7.93. The molecule has 0 fully saturated rings. The minimum Gasteiger partial charge on any atom is -0.326 e. The summed E-state index contributed by atoms with van der Waals surface area (Å²) in [6.07, 6.45) is 6.34. The van der Waals surface area contributed by atoms with Gasteiger partial charge in [-0.3, -0.25) is 0 Å². The van der Waals surface area contributed by atoms with Crippen molar-refractivity contribution in [3.05, 3.63) is 36.0 Å². The summed E-state index contributed by atoms with van der Waals surface area (Å²) in [5.74, 6) is 0.416. The molecule has 0 amide bonds. The van der Waals surface area contributed by atoms with Crippen LogP contribution in [0.15, 0.2) is 24.8 Å². The minimum absolute atomic E-state index is 0.240. The first kappa shape index (κ1) is 9.30. The van der Waals surface area contributed by atoms with Crippen molar-refractivity contribution in [2.45, 2.75) is 6.54 Å². The van der Waals surface area contributed by atoms with Crippen LogP contribution in [0.3, 0.4) is 0 Å². The van der Waals surface area contributed by atoms with Gasteiger partial charge in [0.2, 0.25) is 0 Å². The van der Waals surface area contributed by atoms with Crippen LogP contribution >= 0.6 is 0 Å². The smallest absolute Gasteiger partial charge is 0.190 e. The van der Waals surface area contributed by atoms with Crippen molar-refractivity contribution in [2.75, 3.05) is 0 Å². The van der Waals surface area contributed by atoms with Gasteiger partial charge in [0, 0.05) is 30.7 Å². The third-order valence-electron chi connectivity index (χ3n) is 1.87. The Morgan fingerprint density at radius 3 is 2.87 bits per heavy atom. The van der Waals surface area contributed by atoms with E-state index in [-0.39, 0.29) is 5.69 Å². The van der Waals surface area contributed by atoms with E-state index in [0.717, 1.165) is 5.56 Å². The molecule has 2 heterocycles. The molecule has 2 aromatic rings. The fourth-order valence-electron chi connectivity index (χ4n) is 1.16. The summed E-state index contributed by atoms with van der Waals surface area (Å²) in [7, 11) is 0. The first-order valence-electron chi connectivity index (χ1n) is 4.30. The zero-order chi connectivity index (χ0) is 10.7. The summed E-state index contributed by atoms with van der Waals surface area (Å²) < 4.78 is 1.49. The average Bonchev–Trinajstić information content (AvgIpc) is 2.77. The molecule has 0 aliphatic heterocycles. The Morgan fingerprint density at radius 2 is 2.20 bits per heavy atom. The topological polar surface area (TPSA) is 93.4 Å². The van der Waals surface area contributed by atoms with Gasteiger partial charge in [0.05, 0.1) is 6.20 Å². The maximum Gasteiger partial charge on any atom is 0.190 e. The fraction of sp³-hybridized carbons (Fsp3) is 0.111. The van der Waals surface area contributed by atoms with E-state index in [1.807, 2.05) is 6.07 Å². The zero-order valence-corrected chi connectivity index (χ0v) is 7.83. The normalized spacial score (nSPS) is 9.87. The van der Waals surface area contributed by atoms with Crippen LogP contribution in [0.4, 0.5) is 0 Å². The van der Waals surface area contributed by atoms with Gasteiger partial charge in [-0.1, -0.05) is 0 Å². The van der Waals surface area contributed by atoms with Crippen molar-refractivity contribution in [2.24, 2.45) is 5.73 Å². The maximum atomic E-state index is 8.83. The van der Waals surface area contributed by atoms with Crippen LogP contribution in [0.5, 0.6) is 0 Å². The molecule has 0 spiro atoms. The van der Waals surface area contributed by atoms with Crippen molar-refractivity contribution in [1.29, 1.82) is 5.26 Å². The lowest BCUT2D eigenvalue weighted by atomic mass is 10.4. The SMILES string of the molecule is N#Cc1nccnc1-n1cc(CN)cn1. The Kier molecular flexibility index (Phi) is 2.39. The summed E-state index contributed by atoms with van der Waals surface area (Å²) in [6.45, 7) is 0.405. The van der Waals surface area contributed by atoms with Gasteiger partial charge in [-0.05, 0) is 0 Å². The number of nitrogens with zero attached hydrogens (tertiary/aromatic N) is 5. The number of hydrogen-bond acceptors (Lipinski definition) is 5. The van der Waals surface area contributed by atoms with Crippen LogP contribution in [0, 0.1) is 11.3 Å². The van der Waals surface area contributed by atoms with Gasteiger partial charge in [0.15, 0.2) is 11.5 Å². The Balaban J connectivity index is 2.49. The molecule has 2 rings (SSSR count). The van der Waals surface area contributed by atoms with Crippen molar-refractivity contribution in [3.63, 3.8) is 0 Å². The first-order chi connectivity index (χ1) is 7.35. The lowest BCUT2D eigenvalue weighted by Crippen LogP contribution is -2.02. The molecule has 15 heavy (non-hydrogen) atoms. The molecular weight excluding hydrogens is 192 g/mol. The Hall–Kier alpha value is -2.26. The molecule has 6 nitrogen and oxygen atoms in total. The van der Waals surface area contributed by atoms with Gasteiger partial charge in [-0.2, -0.15) is 10.4 Å². The van der Waals surface area contributed by atoms with Gasteiger partial charge in [-0.25, -0.2) is 14.6 Å². The first-order valence-corrected chi connectivity index (χ1v) is 4.30. The van der Waals surface area contributed by atoms with Gasteiger partial charge >= 0.3 is 0 Å². The zero-order valence-electron chi connectivity index (χ0n) is 7.83. The lowest BCUT2D eigenvalue weighted by Gasteiger charge is -1.99. The van der Waals surface area contributed by atoms with Gasteiger partial charge in [0.1, 0.15) is 6.07 Å². The van der Waals surface area contributed by atoms with Crippen LogP contribution < -0.4 is 5.73 Å². The van der Waals surface area contributed by atoms with E-state index in [2.05, 4.69) is 15.1 Å². The van der Waals surface area contributed by atoms with E-state index < -0.39 is 0 Å².